The Bertz CT molecular complexity index is 1250. The molecule has 34 heavy (non-hydrogen) atoms. The van der Waals surface area contributed by atoms with Crippen molar-refractivity contribution in [2.24, 2.45) is 0 Å². The smallest absolute Gasteiger partial charge is 0.290 e. The fourth-order valence-corrected chi connectivity index (χ4v) is 4.18. The van der Waals surface area contributed by atoms with Crippen LogP contribution in [0.15, 0.2) is 64.3 Å². The molecule has 1 unspecified atom stereocenters. The highest BCUT2D eigenvalue weighted by Crippen LogP contribution is 2.40. The maximum Gasteiger partial charge on any atom is 0.290 e. The molecule has 2 aromatic carbocycles. The first-order valence-corrected chi connectivity index (χ1v) is 11.5. The number of likely N-dealkylation sites (N-methyl/N-ethyl adjacent to an activating group) is 1. The Morgan fingerprint density at radius 2 is 1.91 bits per heavy atom. The number of amides is 1. The lowest BCUT2D eigenvalue weighted by Gasteiger charge is -2.28. The van der Waals surface area contributed by atoms with Crippen molar-refractivity contribution >= 4 is 34.3 Å². The van der Waals surface area contributed by atoms with E-state index >= 15 is 0 Å². The van der Waals surface area contributed by atoms with E-state index in [4.69, 9.17) is 20.8 Å². The summed E-state index contributed by atoms with van der Waals surface area (Å²) in [5.41, 5.74) is 1.19. The highest BCUT2D eigenvalue weighted by molar-refractivity contribution is 6.31. The largest absolute Gasteiger partial charge is 0.503 e. The van der Waals surface area contributed by atoms with Crippen molar-refractivity contribution in [3.8, 4) is 5.75 Å². The number of halogens is 1. The van der Waals surface area contributed by atoms with Crippen LogP contribution in [0.4, 0.5) is 0 Å². The molecular weight excluding hydrogens is 456 g/mol. The van der Waals surface area contributed by atoms with Crippen molar-refractivity contribution in [3.05, 3.63) is 76.2 Å². The monoisotopic (exact) mass is 482 g/mol. The van der Waals surface area contributed by atoms with Crippen molar-refractivity contribution in [2.45, 2.75) is 19.4 Å². The van der Waals surface area contributed by atoms with Gasteiger partial charge in [-0.05, 0) is 62.5 Å². The van der Waals surface area contributed by atoms with Crippen molar-refractivity contribution < 1.29 is 23.8 Å². The number of aliphatic hydroxyl groups is 1. The van der Waals surface area contributed by atoms with E-state index in [1.54, 1.807) is 36.4 Å². The predicted molar refractivity (Wildman–Crippen MR) is 130 cm³/mol. The minimum absolute atomic E-state index is 0.00358. The maximum absolute atomic E-state index is 13.6. The molecule has 0 saturated heterocycles. The van der Waals surface area contributed by atoms with Gasteiger partial charge in [0.05, 0.1) is 18.2 Å². The van der Waals surface area contributed by atoms with Crippen molar-refractivity contribution in [1.29, 1.82) is 0 Å². The molecule has 2 heterocycles. The minimum Gasteiger partial charge on any atom is -0.503 e. The number of hydrogen-bond donors (Lipinski definition) is 1. The number of fused-ring (bicyclic) bond motifs is 1. The second kappa shape index (κ2) is 9.91. The first kappa shape index (κ1) is 23.9. The fraction of sp³-hybridized carbons (Fsp3) is 0.308. The van der Waals surface area contributed by atoms with E-state index in [9.17, 15) is 14.7 Å². The van der Waals surface area contributed by atoms with Crippen molar-refractivity contribution in [1.82, 2.24) is 9.80 Å². The molecule has 0 bridgehead atoms. The van der Waals surface area contributed by atoms with E-state index in [2.05, 4.69) is 0 Å². The van der Waals surface area contributed by atoms with Gasteiger partial charge in [0.25, 0.3) is 5.91 Å². The summed E-state index contributed by atoms with van der Waals surface area (Å²) in [5, 5.41) is 12.0. The Labute approximate surface area is 203 Å². The van der Waals surface area contributed by atoms with E-state index in [-0.39, 0.29) is 11.3 Å². The van der Waals surface area contributed by atoms with Gasteiger partial charge in [0, 0.05) is 23.5 Å². The lowest BCUT2D eigenvalue weighted by Crippen LogP contribution is -2.36. The molecule has 1 amide bonds. The zero-order valence-electron chi connectivity index (χ0n) is 19.4. The molecule has 0 spiro atoms. The van der Waals surface area contributed by atoms with Crippen LogP contribution in [0.2, 0.25) is 5.02 Å². The lowest BCUT2D eigenvalue weighted by molar-refractivity contribution is -0.129. The molecule has 1 aliphatic rings. The SMILES string of the molecule is CCCOc1ccc(C2C(C(=O)c3cc4cc(Cl)ccc4o3)=C(O)C(=O)N2CCN(C)C)cc1. The summed E-state index contributed by atoms with van der Waals surface area (Å²) < 4.78 is 11.4. The molecule has 7 nitrogen and oxygen atoms in total. The number of carbonyl (C=O) groups is 2. The number of benzene rings is 2. The van der Waals surface area contributed by atoms with Gasteiger partial charge in [-0.15, -0.1) is 0 Å². The maximum atomic E-state index is 13.6. The number of ether oxygens (including phenoxy) is 1. The second-order valence-corrected chi connectivity index (χ2v) is 8.94. The average molecular weight is 483 g/mol. The van der Waals surface area contributed by atoms with Crippen LogP contribution in [0.5, 0.6) is 5.75 Å². The number of ketones is 1. The first-order valence-electron chi connectivity index (χ1n) is 11.2. The normalized spacial score (nSPS) is 16.2. The van der Waals surface area contributed by atoms with Crippen LogP contribution in [0.3, 0.4) is 0 Å². The summed E-state index contributed by atoms with van der Waals surface area (Å²) in [6.45, 7) is 3.52. The third-order valence-corrected chi connectivity index (χ3v) is 5.94. The van der Waals surface area contributed by atoms with E-state index in [0.717, 1.165) is 6.42 Å². The van der Waals surface area contributed by atoms with Crippen LogP contribution in [0.25, 0.3) is 11.0 Å². The highest BCUT2D eigenvalue weighted by Gasteiger charge is 2.44. The molecule has 0 radical (unpaired) electrons. The summed E-state index contributed by atoms with van der Waals surface area (Å²) in [5.74, 6) is -0.944. The average Bonchev–Trinajstić information content (AvgIpc) is 3.35. The third kappa shape index (κ3) is 4.67. The Morgan fingerprint density at radius 3 is 2.59 bits per heavy atom. The van der Waals surface area contributed by atoms with Gasteiger partial charge in [-0.2, -0.15) is 0 Å². The van der Waals surface area contributed by atoms with E-state index in [0.29, 0.717) is 47.0 Å². The van der Waals surface area contributed by atoms with E-state index < -0.39 is 23.5 Å². The van der Waals surface area contributed by atoms with Crippen LogP contribution in [0.1, 0.15) is 35.5 Å². The summed E-state index contributed by atoms with van der Waals surface area (Å²) in [4.78, 5) is 30.1. The molecule has 3 aromatic rings. The molecule has 0 fully saturated rings. The number of hydrogen-bond acceptors (Lipinski definition) is 6. The summed E-state index contributed by atoms with van der Waals surface area (Å²) in [7, 11) is 3.79. The molecular formula is C26H27ClN2O5. The highest BCUT2D eigenvalue weighted by atomic mass is 35.5. The third-order valence-electron chi connectivity index (χ3n) is 5.71. The van der Waals surface area contributed by atoms with Gasteiger partial charge in [-0.25, -0.2) is 0 Å². The predicted octanol–water partition coefficient (Wildman–Crippen LogP) is 5.01. The summed E-state index contributed by atoms with van der Waals surface area (Å²) in [6.07, 6.45) is 0.884. The molecule has 4 rings (SSSR count). The molecule has 8 heteroatoms. The van der Waals surface area contributed by atoms with Gasteiger partial charge >= 0.3 is 0 Å². The topological polar surface area (TPSA) is 83.2 Å². The number of Topliss-reactive ketones (excluding diaryl/α,β-unsaturated/α-hetero) is 1. The summed E-state index contributed by atoms with van der Waals surface area (Å²) >= 11 is 6.06. The fourth-order valence-electron chi connectivity index (χ4n) is 4.00. The number of nitrogens with zero attached hydrogens (tertiary/aromatic N) is 2. The quantitative estimate of drug-likeness (QED) is 0.431. The Balaban J connectivity index is 1.74. The zero-order chi connectivity index (χ0) is 24.4. The van der Waals surface area contributed by atoms with Gasteiger partial charge in [-0.3, -0.25) is 9.59 Å². The van der Waals surface area contributed by atoms with E-state index in [1.807, 2.05) is 38.1 Å². The molecule has 0 aliphatic carbocycles. The van der Waals surface area contributed by atoms with Crippen LogP contribution in [0, 0.1) is 0 Å². The van der Waals surface area contributed by atoms with E-state index in [1.165, 1.54) is 4.90 Å². The van der Waals surface area contributed by atoms with Crippen LogP contribution in [-0.2, 0) is 4.79 Å². The molecule has 1 aliphatic heterocycles. The minimum atomic E-state index is -0.753. The number of aliphatic hydroxyl groups excluding tert-OH is 1. The first-order chi connectivity index (χ1) is 16.3. The zero-order valence-corrected chi connectivity index (χ0v) is 20.1. The van der Waals surface area contributed by atoms with Gasteiger partial charge in [0.2, 0.25) is 5.78 Å². The van der Waals surface area contributed by atoms with Gasteiger partial charge in [0.1, 0.15) is 11.3 Å². The second-order valence-electron chi connectivity index (χ2n) is 8.51. The molecule has 1 atom stereocenters. The number of rotatable bonds is 9. The standard InChI is InChI=1S/C26H27ClN2O5/c1-4-13-33-19-8-5-16(6-9-19)23-22(25(31)26(32)29(23)12-11-28(2)3)24(30)21-15-17-14-18(27)7-10-20(17)34-21/h5-10,14-15,23,31H,4,11-13H2,1-3H3. The van der Waals surface area contributed by atoms with Crippen molar-refractivity contribution in [3.63, 3.8) is 0 Å². The van der Waals surface area contributed by atoms with Gasteiger partial charge < -0.3 is 24.1 Å². The number of furan rings is 1. The summed E-state index contributed by atoms with van der Waals surface area (Å²) in [6, 6.07) is 13.1. The van der Waals surface area contributed by atoms with Gasteiger partial charge in [0.15, 0.2) is 11.5 Å². The Hall–Kier alpha value is -3.29. The molecule has 0 saturated carbocycles. The molecule has 178 valence electrons. The molecule has 1 N–H and O–H groups in total. The lowest BCUT2D eigenvalue weighted by atomic mass is 9.95. The number of carbonyl (C=O) groups excluding carboxylic acids is 2. The van der Waals surface area contributed by atoms with Crippen LogP contribution in [-0.4, -0.2) is 60.4 Å². The van der Waals surface area contributed by atoms with Gasteiger partial charge in [-0.1, -0.05) is 30.7 Å². The van der Waals surface area contributed by atoms with Crippen LogP contribution >= 0.6 is 11.6 Å². The Kier molecular flexibility index (Phi) is 6.95. The van der Waals surface area contributed by atoms with Crippen LogP contribution < -0.4 is 4.74 Å². The van der Waals surface area contributed by atoms with Crippen molar-refractivity contribution in [2.75, 3.05) is 33.8 Å². The molecule has 1 aromatic heterocycles. The Morgan fingerprint density at radius 1 is 1.18 bits per heavy atom.